The fourth-order valence-corrected chi connectivity index (χ4v) is 2.54. The number of hydrogen-bond donors (Lipinski definition) is 1. The van der Waals surface area contributed by atoms with Gasteiger partial charge in [-0.25, -0.2) is 4.39 Å². The van der Waals surface area contributed by atoms with Gasteiger partial charge in [0.05, 0.1) is 11.6 Å². The first-order valence-corrected chi connectivity index (χ1v) is 6.14. The third-order valence-corrected chi connectivity index (χ3v) is 3.33. The topological polar surface area (TPSA) is 35.8 Å². The Morgan fingerprint density at radius 3 is 2.88 bits per heavy atom. The van der Waals surface area contributed by atoms with E-state index < -0.39 is 0 Å². The summed E-state index contributed by atoms with van der Waals surface area (Å²) in [6.07, 6.45) is 4.76. The van der Waals surface area contributed by atoms with Gasteiger partial charge in [-0.15, -0.1) is 0 Å². The molecule has 0 radical (unpaired) electrons. The normalized spacial score (nSPS) is 24.1. The molecule has 1 N–H and O–H groups in total. The Hall–Kier alpha value is -1.56. The first-order valence-electron chi connectivity index (χ1n) is 6.14. The molecule has 1 aromatic rings. The summed E-state index contributed by atoms with van der Waals surface area (Å²) >= 11 is 0. The molecule has 0 bridgehead atoms. The molecule has 2 rings (SSSR count). The summed E-state index contributed by atoms with van der Waals surface area (Å²) < 4.78 is 13.3. The Morgan fingerprint density at radius 2 is 2.18 bits per heavy atom. The van der Waals surface area contributed by atoms with Crippen LogP contribution in [-0.2, 0) is 0 Å². The monoisotopic (exact) mass is 232 g/mol. The summed E-state index contributed by atoms with van der Waals surface area (Å²) in [5.74, 6) is 0.376. The van der Waals surface area contributed by atoms with Crippen LogP contribution in [0.3, 0.4) is 0 Å². The molecule has 0 aromatic heterocycles. The second-order valence-corrected chi connectivity index (χ2v) is 4.95. The van der Waals surface area contributed by atoms with E-state index in [0.29, 0.717) is 11.6 Å². The van der Waals surface area contributed by atoms with Crippen LogP contribution in [0.15, 0.2) is 18.2 Å². The molecule has 0 aliphatic heterocycles. The van der Waals surface area contributed by atoms with E-state index in [9.17, 15) is 4.39 Å². The molecule has 0 spiro atoms. The van der Waals surface area contributed by atoms with Crippen molar-refractivity contribution in [3.05, 3.63) is 29.6 Å². The Balaban J connectivity index is 2.07. The third kappa shape index (κ3) is 3.20. The fraction of sp³-hybridized carbons (Fsp3) is 0.500. The van der Waals surface area contributed by atoms with Crippen molar-refractivity contribution in [2.45, 2.75) is 38.6 Å². The first kappa shape index (κ1) is 11.9. The number of rotatable bonds is 2. The molecule has 0 heterocycles. The Morgan fingerprint density at radius 1 is 1.35 bits per heavy atom. The molecule has 0 saturated heterocycles. The van der Waals surface area contributed by atoms with Crippen molar-refractivity contribution in [2.75, 3.05) is 5.32 Å². The van der Waals surface area contributed by atoms with Gasteiger partial charge in [-0.1, -0.05) is 19.8 Å². The average Bonchev–Trinajstić information content (AvgIpc) is 2.28. The predicted octanol–water partition coefficient (Wildman–Crippen LogP) is 3.69. The van der Waals surface area contributed by atoms with Crippen LogP contribution in [0, 0.1) is 23.1 Å². The molecule has 90 valence electrons. The molecule has 2 atom stereocenters. The molecule has 2 unspecified atom stereocenters. The molecule has 0 amide bonds. The van der Waals surface area contributed by atoms with Gasteiger partial charge in [0.15, 0.2) is 0 Å². The number of nitriles is 1. The summed E-state index contributed by atoms with van der Waals surface area (Å²) in [4.78, 5) is 0. The largest absolute Gasteiger partial charge is 0.382 e. The molecule has 1 saturated carbocycles. The fourth-order valence-electron chi connectivity index (χ4n) is 2.54. The van der Waals surface area contributed by atoms with Gasteiger partial charge < -0.3 is 5.32 Å². The highest BCUT2D eigenvalue weighted by atomic mass is 19.1. The van der Waals surface area contributed by atoms with Gasteiger partial charge in [-0.2, -0.15) is 5.26 Å². The van der Waals surface area contributed by atoms with Gasteiger partial charge in [0, 0.05) is 11.7 Å². The molecule has 1 aromatic carbocycles. The second kappa shape index (κ2) is 5.18. The lowest BCUT2D eigenvalue weighted by molar-refractivity contribution is 0.358. The summed E-state index contributed by atoms with van der Waals surface area (Å²) in [5, 5.41) is 12.1. The van der Waals surface area contributed by atoms with Crippen molar-refractivity contribution in [3.8, 4) is 6.07 Å². The highest BCUT2D eigenvalue weighted by molar-refractivity contribution is 5.50. The maximum absolute atomic E-state index is 13.3. The van der Waals surface area contributed by atoms with Gasteiger partial charge in [-0.05, 0) is 37.0 Å². The summed E-state index contributed by atoms with van der Waals surface area (Å²) in [5.41, 5.74) is 1.09. The number of nitrogens with one attached hydrogen (secondary N) is 1. The van der Waals surface area contributed by atoms with Crippen LogP contribution in [0.2, 0.25) is 0 Å². The predicted molar refractivity (Wildman–Crippen MR) is 66.2 cm³/mol. The minimum Gasteiger partial charge on any atom is -0.382 e. The molecule has 1 aliphatic rings. The lowest BCUT2D eigenvalue weighted by Crippen LogP contribution is -2.26. The number of benzene rings is 1. The van der Waals surface area contributed by atoms with E-state index in [0.717, 1.165) is 24.4 Å². The lowest BCUT2D eigenvalue weighted by atomic mass is 9.87. The van der Waals surface area contributed by atoms with Crippen LogP contribution in [0.1, 0.15) is 38.2 Å². The van der Waals surface area contributed by atoms with E-state index in [1.165, 1.54) is 25.0 Å². The second-order valence-electron chi connectivity index (χ2n) is 4.95. The van der Waals surface area contributed by atoms with Gasteiger partial charge in [0.25, 0.3) is 0 Å². The molecular formula is C14H17FN2. The minimum atomic E-state index is -0.351. The third-order valence-electron chi connectivity index (χ3n) is 3.33. The van der Waals surface area contributed by atoms with Crippen LogP contribution in [0.5, 0.6) is 0 Å². The van der Waals surface area contributed by atoms with Gasteiger partial charge >= 0.3 is 0 Å². The standard InChI is InChI=1S/C14H17FN2/c1-10-3-2-4-13(5-10)17-14-7-11(9-16)6-12(15)8-14/h6-8,10,13,17H,2-5H2,1H3. The Kier molecular flexibility index (Phi) is 3.63. The van der Waals surface area contributed by atoms with E-state index in [1.807, 2.05) is 6.07 Å². The van der Waals surface area contributed by atoms with Crippen molar-refractivity contribution in [3.63, 3.8) is 0 Å². The summed E-state index contributed by atoms with van der Waals surface area (Å²) in [6.45, 7) is 2.25. The van der Waals surface area contributed by atoms with Crippen molar-refractivity contribution >= 4 is 5.69 Å². The van der Waals surface area contributed by atoms with Crippen molar-refractivity contribution in [1.29, 1.82) is 5.26 Å². The smallest absolute Gasteiger partial charge is 0.126 e. The van der Waals surface area contributed by atoms with E-state index in [1.54, 1.807) is 6.07 Å². The maximum Gasteiger partial charge on any atom is 0.126 e. The number of hydrogen-bond acceptors (Lipinski definition) is 2. The first-order chi connectivity index (χ1) is 8.17. The SMILES string of the molecule is CC1CCCC(Nc2cc(F)cc(C#N)c2)C1. The average molecular weight is 232 g/mol. The van der Waals surface area contributed by atoms with Crippen LogP contribution >= 0.6 is 0 Å². The zero-order valence-electron chi connectivity index (χ0n) is 10.0. The molecule has 2 nitrogen and oxygen atoms in total. The minimum absolute atomic E-state index is 0.351. The number of nitrogens with zero attached hydrogens (tertiary/aromatic N) is 1. The maximum atomic E-state index is 13.3. The van der Waals surface area contributed by atoms with Crippen LogP contribution < -0.4 is 5.32 Å². The van der Waals surface area contributed by atoms with Crippen LogP contribution in [-0.4, -0.2) is 6.04 Å². The Bertz CT molecular complexity index is 436. The molecule has 3 heteroatoms. The van der Waals surface area contributed by atoms with Gasteiger partial charge in [-0.3, -0.25) is 0 Å². The number of anilines is 1. The highest BCUT2D eigenvalue weighted by Gasteiger charge is 2.18. The highest BCUT2D eigenvalue weighted by Crippen LogP contribution is 2.26. The summed E-state index contributed by atoms with van der Waals surface area (Å²) in [6, 6.07) is 6.81. The molecular weight excluding hydrogens is 215 g/mol. The van der Waals surface area contributed by atoms with E-state index in [4.69, 9.17) is 5.26 Å². The molecule has 1 aliphatic carbocycles. The number of halogens is 1. The Labute approximate surface area is 101 Å². The summed E-state index contributed by atoms with van der Waals surface area (Å²) in [7, 11) is 0. The van der Waals surface area contributed by atoms with E-state index in [2.05, 4.69) is 12.2 Å². The van der Waals surface area contributed by atoms with Crippen molar-refractivity contribution < 1.29 is 4.39 Å². The van der Waals surface area contributed by atoms with E-state index in [-0.39, 0.29) is 5.82 Å². The molecule has 17 heavy (non-hydrogen) atoms. The zero-order valence-corrected chi connectivity index (χ0v) is 10.0. The van der Waals surface area contributed by atoms with E-state index >= 15 is 0 Å². The quantitative estimate of drug-likeness (QED) is 0.844. The lowest BCUT2D eigenvalue weighted by Gasteiger charge is -2.28. The van der Waals surface area contributed by atoms with Crippen molar-refractivity contribution in [1.82, 2.24) is 0 Å². The molecule has 1 fully saturated rings. The van der Waals surface area contributed by atoms with Gasteiger partial charge in [0.1, 0.15) is 5.82 Å². The van der Waals surface area contributed by atoms with Crippen LogP contribution in [0.25, 0.3) is 0 Å². The zero-order chi connectivity index (χ0) is 12.3. The van der Waals surface area contributed by atoms with Crippen molar-refractivity contribution in [2.24, 2.45) is 5.92 Å². The van der Waals surface area contributed by atoms with Crippen LogP contribution in [0.4, 0.5) is 10.1 Å². The van der Waals surface area contributed by atoms with Gasteiger partial charge in [0.2, 0.25) is 0 Å².